The number of benzene rings is 1. The Bertz CT molecular complexity index is 746. The van der Waals surface area contributed by atoms with E-state index in [2.05, 4.69) is 26.2 Å². The van der Waals surface area contributed by atoms with Gasteiger partial charge in [0.15, 0.2) is 5.69 Å². The maximum absolute atomic E-state index is 12.4. The van der Waals surface area contributed by atoms with Crippen LogP contribution in [-0.4, -0.2) is 56.6 Å². The van der Waals surface area contributed by atoms with Gasteiger partial charge in [-0.1, -0.05) is 33.3 Å². The van der Waals surface area contributed by atoms with Crippen molar-refractivity contribution >= 4 is 27.8 Å². The van der Waals surface area contributed by atoms with Crippen LogP contribution >= 0.6 is 15.9 Å². The molecule has 0 bridgehead atoms. The van der Waals surface area contributed by atoms with E-state index in [0.29, 0.717) is 19.7 Å². The van der Waals surface area contributed by atoms with Gasteiger partial charge >= 0.3 is 5.97 Å². The summed E-state index contributed by atoms with van der Waals surface area (Å²) in [4.78, 5) is 24.9. The second-order valence-electron chi connectivity index (χ2n) is 5.36. The van der Waals surface area contributed by atoms with Crippen molar-refractivity contribution in [3.8, 4) is 0 Å². The number of carboxylic acids is 1. The number of aromatic carboxylic acids is 1. The summed E-state index contributed by atoms with van der Waals surface area (Å²) >= 11 is 3.39. The molecule has 1 unspecified atom stereocenters. The highest BCUT2D eigenvalue weighted by atomic mass is 79.9. The zero-order valence-corrected chi connectivity index (χ0v) is 14.2. The number of rotatable bonds is 4. The molecule has 0 aliphatic carbocycles. The molecule has 1 saturated heterocycles. The lowest BCUT2D eigenvalue weighted by Gasteiger charge is -2.33. The molecule has 9 heteroatoms. The van der Waals surface area contributed by atoms with Crippen LogP contribution in [0.15, 0.2) is 34.9 Å². The van der Waals surface area contributed by atoms with Gasteiger partial charge in [0.2, 0.25) is 5.91 Å². The van der Waals surface area contributed by atoms with Gasteiger partial charge in [-0.3, -0.25) is 4.79 Å². The minimum atomic E-state index is -1.17. The van der Waals surface area contributed by atoms with Crippen molar-refractivity contribution in [2.75, 3.05) is 19.7 Å². The van der Waals surface area contributed by atoms with Gasteiger partial charge in [0.25, 0.3) is 0 Å². The van der Waals surface area contributed by atoms with Gasteiger partial charge in [-0.2, -0.15) is 0 Å². The van der Waals surface area contributed by atoms with Crippen LogP contribution < -0.4 is 0 Å². The predicted octanol–water partition coefficient (Wildman–Crippen LogP) is 1.34. The van der Waals surface area contributed by atoms with Crippen molar-refractivity contribution in [1.82, 2.24) is 19.9 Å². The number of amides is 1. The van der Waals surface area contributed by atoms with E-state index in [9.17, 15) is 9.59 Å². The second kappa shape index (κ2) is 7.10. The minimum absolute atomic E-state index is 0.0483. The lowest BCUT2D eigenvalue weighted by Crippen LogP contribution is -2.43. The average Bonchev–Trinajstić information content (AvgIpc) is 3.04. The Hall–Kier alpha value is -2.26. The summed E-state index contributed by atoms with van der Waals surface area (Å²) in [6.07, 6.45) is 1.06. The number of hydrogen-bond donors (Lipinski definition) is 1. The quantitative estimate of drug-likeness (QED) is 0.839. The van der Waals surface area contributed by atoms with E-state index in [1.54, 1.807) is 4.90 Å². The van der Waals surface area contributed by atoms with Gasteiger partial charge in [-0.15, -0.1) is 5.10 Å². The molecule has 1 aliphatic heterocycles. The number of nitrogens with zero attached hydrogens (tertiary/aromatic N) is 4. The summed E-state index contributed by atoms with van der Waals surface area (Å²) in [7, 11) is 0. The first kappa shape index (κ1) is 16.6. The van der Waals surface area contributed by atoms with Crippen molar-refractivity contribution in [1.29, 1.82) is 0 Å². The molecule has 1 aromatic carbocycles. The highest BCUT2D eigenvalue weighted by molar-refractivity contribution is 9.10. The van der Waals surface area contributed by atoms with E-state index in [1.807, 2.05) is 24.3 Å². The Morgan fingerprint density at radius 2 is 2.08 bits per heavy atom. The van der Waals surface area contributed by atoms with Gasteiger partial charge in [-0.25, -0.2) is 9.48 Å². The van der Waals surface area contributed by atoms with Crippen LogP contribution in [0.3, 0.4) is 0 Å². The van der Waals surface area contributed by atoms with Crippen LogP contribution in [0, 0.1) is 0 Å². The van der Waals surface area contributed by atoms with Crippen LogP contribution in [0.1, 0.15) is 22.2 Å². The Kier molecular flexibility index (Phi) is 4.91. The Labute approximate surface area is 146 Å². The standard InChI is InChI=1S/C15H15BrN4O4/c16-11-3-1-10(2-4-11)13-8-19(5-6-24-13)14(21)9-20-7-12(15(22)23)17-18-20/h1-4,7,13H,5-6,8-9H2,(H,22,23). The molecule has 1 amide bonds. The SMILES string of the molecule is O=C(O)c1cn(CC(=O)N2CCOC(c3ccc(Br)cc3)C2)nn1. The maximum atomic E-state index is 12.4. The number of carbonyl (C=O) groups excluding carboxylic acids is 1. The summed E-state index contributed by atoms with van der Waals surface area (Å²) in [5.41, 5.74) is 0.821. The molecule has 0 saturated carbocycles. The van der Waals surface area contributed by atoms with Crippen molar-refractivity contribution in [3.63, 3.8) is 0 Å². The van der Waals surface area contributed by atoms with E-state index in [0.717, 1.165) is 10.0 Å². The summed E-state index contributed by atoms with van der Waals surface area (Å²) in [5, 5.41) is 16.0. The first-order valence-electron chi connectivity index (χ1n) is 7.31. The normalized spacial score (nSPS) is 17.7. The molecule has 24 heavy (non-hydrogen) atoms. The third-order valence-electron chi connectivity index (χ3n) is 3.72. The molecule has 2 aromatic rings. The molecule has 1 N–H and O–H groups in total. The number of ether oxygens (including phenoxy) is 1. The number of carbonyl (C=O) groups is 2. The van der Waals surface area contributed by atoms with E-state index < -0.39 is 5.97 Å². The molecule has 126 valence electrons. The maximum Gasteiger partial charge on any atom is 0.358 e. The molecule has 3 rings (SSSR count). The highest BCUT2D eigenvalue weighted by Gasteiger charge is 2.25. The molecule has 0 radical (unpaired) electrons. The van der Waals surface area contributed by atoms with Crippen molar-refractivity contribution in [2.24, 2.45) is 0 Å². The Morgan fingerprint density at radius 1 is 1.33 bits per heavy atom. The van der Waals surface area contributed by atoms with Crippen molar-refractivity contribution < 1.29 is 19.4 Å². The zero-order chi connectivity index (χ0) is 17.1. The number of carboxylic acid groups (broad SMARTS) is 1. The molecular weight excluding hydrogens is 380 g/mol. The van der Waals surface area contributed by atoms with Crippen LogP contribution in [-0.2, 0) is 16.1 Å². The molecule has 1 atom stereocenters. The number of morpholine rings is 1. The Balaban J connectivity index is 1.64. The second-order valence-corrected chi connectivity index (χ2v) is 6.27. The molecular formula is C15H15BrN4O4. The van der Waals surface area contributed by atoms with Gasteiger partial charge in [-0.05, 0) is 17.7 Å². The van der Waals surface area contributed by atoms with Crippen LogP contribution in [0.4, 0.5) is 0 Å². The van der Waals surface area contributed by atoms with E-state index in [-0.39, 0.29) is 24.2 Å². The molecule has 1 aromatic heterocycles. The number of halogens is 1. The van der Waals surface area contributed by atoms with E-state index in [4.69, 9.17) is 9.84 Å². The van der Waals surface area contributed by atoms with Gasteiger partial charge < -0.3 is 14.7 Å². The number of aromatic nitrogens is 3. The first-order chi connectivity index (χ1) is 11.5. The summed E-state index contributed by atoms with van der Waals surface area (Å²) in [6.45, 7) is 1.34. The fraction of sp³-hybridized carbons (Fsp3) is 0.333. The zero-order valence-electron chi connectivity index (χ0n) is 12.6. The third kappa shape index (κ3) is 3.80. The highest BCUT2D eigenvalue weighted by Crippen LogP contribution is 2.24. The minimum Gasteiger partial charge on any atom is -0.476 e. The molecule has 2 heterocycles. The summed E-state index contributed by atoms with van der Waals surface area (Å²) < 4.78 is 7.96. The average molecular weight is 395 g/mol. The first-order valence-corrected chi connectivity index (χ1v) is 8.10. The van der Waals surface area contributed by atoms with Crippen LogP contribution in [0.5, 0.6) is 0 Å². The van der Waals surface area contributed by atoms with Crippen molar-refractivity contribution in [2.45, 2.75) is 12.6 Å². The number of hydrogen-bond acceptors (Lipinski definition) is 5. The fourth-order valence-corrected chi connectivity index (χ4v) is 2.73. The lowest BCUT2D eigenvalue weighted by atomic mass is 10.1. The summed E-state index contributed by atoms with van der Waals surface area (Å²) in [5.74, 6) is -1.32. The molecule has 8 nitrogen and oxygen atoms in total. The van der Waals surface area contributed by atoms with Crippen LogP contribution in [0.2, 0.25) is 0 Å². The molecule has 0 spiro atoms. The smallest absolute Gasteiger partial charge is 0.358 e. The summed E-state index contributed by atoms with van der Waals surface area (Å²) in [6, 6.07) is 7.78. The van der Waals surface area contributed by atoms with Crippen LogP contribution in [0.25, 0.3) is 0 Å². The molecule has 1 fully saturated rings. The van der Waals surface area contributed by atoms with Gasteiger partial charge in [0, 0.05) is 11.0 Å². The largest absolute Gasteiger partial charge is 0.476 e. The third-order valence-corrected chi connectivity index (χ3v) is 4.24. The molecule has 1 aliphatic rings. The van der Waals surface area contributed by atoms with E-state index >= 15 is 0 Å². The lowest BCUT2D eigenvalue weighted by molar-refractivity contribution is -0.139. The van der Waals surface area contributed by atoms with Gasteiger partial charge in [0.05, 0.1) is 19.3 Å². The predicted molar refractivity (Wildman–Crippen MR) is 86.4 cm³/mol. The monoisotopic (exact) mass is 394 g/mol. The topological polar surface area (TPSA) is 97.5 Å². The Morgan fingerprint density at radius 3 is 2.75 bits per heavy atom. The van der Waals surface area contributed by atoms with E-state index in [1.165, 1.54) is 10.9 Å². The van der Waals surface area contributed by atoms with Crippen molar-refractivity contribution in [3.05, 3.63) is 46.2 Å². The fourth-order valence-electron chi connectivity index (χ4n) is 2.47. The van der Waals surface area contributed by atoms with Gasteiger partial charge in [0.1, 0.15) is 12.6 Å².